The molecular formula is C51H31N5S. The number of aromatic nitrogens is 5. The van der Waals surface area contributed by atoms with E-state index in [1.807, 2.05) is 36.5 Å². The highest BCUT2D eigenvalue weighted by molar-refractivity contribution is 7.25. The Morgan fingerprint density at radius 1 is 0.386 bits per heavy atom. The summed E-state index contributed by atoms with van der Waals surface area (Å²) in [5.74, 6) is 1.53. The molecule has 6 heteroatoms. The minimum absolute atomic E-state index is 0.695. The van der Waals surface area contributed by atoms with E-state index in [1.165, 1.54) is 47.4 Å². The van der Waals surface area contributed by atoms with Gasteiger partial charge in [-0.25, -0.2) is 9.97 Å². The van der Waals surface area contributed by atoms with Crippen molar-refractivity contribution in [3.05, 3.63) is 188 Å². The van der Waals surface area contributed by atoms with Gasteiger partial charge in [0.15, 0.2) is 5.82 Å². The number of para-hydroxylation sites is 2. The number of benzene rings is 7. The molecule has 0 saturated heterocycles. The fourth-order valence-corrected chi connectivity index (χ4v) is 9.62. The first-order valence-corrected chi connectivity index (χ1v) is 19.9. The van der Waals surface area contributed by atoms with E-state index in [2.05, 4.69) is 161 Å². The third-order valence-corrected chi connectivity index (χ3v) is 12.3. The van der Waals surface area contributed by atoms with E-state index in [1.54, 1.807) is 11.3 Å². The van der Waals surface area contributed by atoms with Crippen LogP contribution >= 0.6 is 11.3 Å². The molecule has 0 unspecified atom stereocenters. The van der Waals surface area contributed by atoms with Gasteiger partial charge in [-0.3, -0.25) is 9.55 Å². The second kappa shape index (κ2) is 12.6. The molecular weight excluding hydrogens is 715 g/mol. The Balaban J connectivity index is 1.05. The summed E-state index contributed by atoms with van der Waals surface area (Å²) in [6, 6.07) is 64.8. The number of fused-ring (bicyclic) bond motifs is 9. The predicted molar refractivity (Wildman–Crippen MR) is 238 cm³/mol. The van der Waals surface area contributed by atoms with Crippen LogP contribution in [0.25, 0.3) is 109 Å². The molecule has 0 atom stereocenters. The molecule has 57 heavy (non-hydrogen) atoms. The van der Waals surface area contributed by atoms with Gasteiger partial charge >= 0.3 is 0 Å². The molecule has 7 aromatic carbocycles. The summed E-state index contributed by atoms with van der Waals surface area (Å²) in [6.07, 6.45) is 1.89. The molecule has 5 aromatic heterocycles. The summed E-state index contributed by atoms with van der Waals surface area (Å²) in [5, 5.41) is 6.00. The van der Waals surface area contributed by atoms with Crippen molar-refractivity contribution in [3.63, 3.8) is 0 Å². The van der Waals surface area contributed by atoms with Crippen LogP contribution in [-0.2, 0) is 0 Å². The van der Waals surface area contributed by atoms with Crippen molar-refractivity contribution in [3.8, 4) is 45.3 Å². The minimum Gasteiger partial charge on any atom is -0.309 e. The van der Waals surface area contributed by atoms with Crippen molar-refractivity contribution in [2.75, 3.05) is 0 Å². The SMILES string of the molecule is c1ccc(-c2cc(-n3c4ccccc4c4cc(-c5ccc6c7ccccc7n(-c7ccc8sc9cccnc9c8c7)c6c5)ccc43)nc(-c3ccccc3)n2)cc1. The maximum absolute atomic E-state index is 5.22. The van der Waals surface area contributed by atoms with E-state index in [4.69, 9.17) is 15.0 Å². The first-order valence-electron chi connectivity index (χ1n) is 19.1. The molecule has 5 heterocycles. The largest absolute Gasteiger partial charge is 0.309 e. The summed E-state index contributed by atoms with van der Waals surface area (Å²) in [6.45, 7) is 0. The Morgan fingerprint density at radius 2 is 1.05 bits per heavy atom. The van der Waals surface area contributed by atoms with Gasteiger partial charge in [0.25, 0.3) is 0 Å². The standard InChI is InChI=1S/C51H31N5S/c1-3-12-32(13-4-1)42-31-49(54-51(53-42)33-14-5-2-6-15-33)56-44-19-10-8-17-38(44)40-28-34(22-25-45(40)56)35-21-24-39-37-16-7-9-18-43(37)55(46(39)29-35)36-23-26-47-41(30-36)50-48(57-47)20-11-27-52-50/h1-31H. The van der Waals surface area contributed by atoms with E-state index in [9.17, 15) is 0 Å². The quantitative estimate of drug-likeness (QED) is 0.176. The third kappa shape index (κ3) is 5.04. The smallest absolute Gasteiger partial charge is 0.162 e. The van der Waals surface area contributed by atoms with Crippen LogP contribution in [0.4, 0.5) is 0 Å². The molecule has 0 fully saturated rings. The van der Waals surface area contributed by atoms with Gasteiger partial charge in [0, 0.05) is 60.7 Å². The fourth-order valence-electron chi connectivity index (χ4n) is 8.57. The first kappa shape index (κ1) is 31.9. The molecule has 0 saturated carbocycles. The Bertz CT molecular complexity index is 3470. The fraction of sp³-hybridized carbons (Fsp3) is 0. The lowest BCUT2D eigenvalue weighted by Gasteiger charge is -2.12. The number of pyridine rings is 1. The van der Waals surface area contributed by atoms with E-state index >= 15 is 0 Å². The van der Waals surface area contributed by atoms with Crippen LogP contribution in [0.3, 0.4) is 0 Å². The van der Waals surface area contributed by atoms with Crippen LogP contribution in [-0.4, -0.2) is 24.1 Å². The molecule has 5 nitrogen and oxygen atoms in total. The molecule has 0 amide bonds. The molecule has 266 valence electrons. The van der Waals surface area contributed by atoms with Crippen molar-refractivity contribution in [2.45, 2.75) is 0 Å². The normalized spacial score (nSPS) is 11.9. The van der Waals surface area contributed by atoms with Gasteiger partial charge < -0.3 is 4.57 Å². The predicted octanol–water partition coefficient (Wildman–Crippen LogP) is 13.4. The maximum atomic E-state index is 5.22. The molecule has 12 aromatic rings. The lowest BCUT2D eigenvalue weighted by molar-refractivity contribution is 1.05. The Labute approximate surface area is 331 Å². The van der Waals surface area contributed by atoms with E-state index in [0.717, 1.165) is 56.0 Å². The number of nitrogens with zero attached hydrogens (tertiary/aromatic N) is 5. The van der Waals surface area contributed by atoms with Crippen molar-refractivity contribution in [1.82, 2.24) is 24.1 Å². The first-order chi connectivity index (χ1) is 28.2. The maximum Gasteiger partial charge on any atom is 0.162 e. The molecule has 0 radical (unpaired) electrons. The highest BCUT2D eigenvalue weighted by Gasteiger charge is 2.19. The van der Waals surface area contributed by atoms with Crippen molar-refractivity contribution in [2.24, 2.45) is 0 Å². The molecule has 0 aliphatic heterocycles. The lowest BCUT2D eigenvalue weighted by Crippen LogP contribution is -2.02. The van der Waals surface area contributed by atoms with Crippen molar-refractivity contribution >= 4 is 75.3 Å². The molecule has 12 rings (SSSR count). The summed E-state index contributed by atoms with van der Waals surface area (Å²) < 4.78 is 7.15. The van der Waals surface area contributed by atoms with Gasteiger partial charge in [-0.1, -0.05) is 115 Å². The Morgan fingerprint density at radius 3 is 1.88 bits per heavy atom. The zero-order chi connectivity index (χ0) is 37.5. The highest BCUT2D eigenvalue weighted by atomic mass is 32.1. The van der Waals surface area contributed by atoms with E-state index in [-0.39, 0.29) is 0 Å². The monoisotopic (exact) mass is 745 g/mol. The molecule has 0 aliphatic carbocycles. The van der Waals surface area contributed by atoms with Gasteiger partial charge in [-0.05, 0) is 71.8 Å². The average molecular weight is 746 g/mol. The number of thiophene rings is 1. The zero-order valence-corrected chi connectivity index (χ0v) is 31.4. The zero-order valence-electron chi connectivity index (χ0n) is 30.5. The van der Waals surface area contributed by atoms with Crippen LogP contribution in [0.2, 0.25) is 0 Å². The summed E-state index contributed by atoms with van der Waals surface area (Å²) >= 11 is 1.79. The summed E-state index contributed by atoms with van der Waals surface area (Å²) in [7, 11) is 0. The van der Waals surface area contributed by atoms with Gasteiger partial charge in [0.1, 0.15) is 5.82 Å². The number of hydrogen-bond acceptors (Lipinski definition) is 4. The molecule has 0 aliphatic rings. The molecule has 0 spiro atoms. The van der Waals surface area contributed by atoms with Crippen molar-refractivity contribution in [1.29, 1.82) is 0 Å². The third-order valence-electron chi connectivity index (χ3n) is 11.2. The highest BCUT2D eigenvalue weighted by Crippen LogP contribution is 2.40. The van der Waals surface area contributed by atoms with Gasteiger partial charge in [0.05, 0.1) is 38.0 Å². The van der Waals surface area contributed by atoms with Crippen LogP contribution in [0.15, 0.2) is 188 Å². The number of hydrogen-bond donors (Lipinski definition) is 0. The van der Waals surface area contributed by atoms with Gasteiger partial charge in [-0.15, -0.1) is 11.3 Å². The Hall–Kier alpha value is -7.41. The van der Waals surface area contributed by atoms with Crippen LogP contribution in [0, 0.1) is 0 Å². The lowest BCUT2D eigenvalue weighted by atomic mass is 10.0. The van der Waals surface area contributed by atoms with Gasteiger partial charge in [-0.2, -0.15) is 0 Å². The molecule has 0 N–H and O–H groups in total. The van der Waals surface area contributed by atoms with Crippen LogP contribution < -0.4 is 0 Å². The van der Waals surface area contributed by atoms with E-state index in [0.29, 0.717) is 5.82 Å². The Kier molecular flexibility index (Phi) is 7.03. The topological polar surface area (TPSA) is 48.5 Å². The summed E-state index contributed by atoms with van der Waals surface area (Å²) in [5.41, 5.74) is 12.0. The average Bonchev–Trinajstić information content (AvgIpc) is 3.94. The summed E-state index contributed by atoms with van der Waals surface area (Å²) in [4.78, 5) is 15.1. The van der Waals surface area contributed by atoms with Crippen LogP contribution in [0.1, 0.15) is 0 Å². The van der Waals surface area contributed by atoms with E-state index < -0.39 is 0 Å². The molecule has 0 bridgehead atoms. The second-order valence-electron chi connectivity index (χ2n) is 14.5. The number of rotatable bonds is 5. The van der Waals surface area contributed by atoms with Crippen LogP contribution in [0.5, 0.6) is 0 Å². The minimum atomic E-state index is 0.695. The second-order valence-corrected chi connectivity index (χ2v) is 15.6. The van der Waals surface area contributed by atoms with Gasteiger partial charge in [0.2, 0.25) is 0 Å². The van der Waals surface area contributed by atoms with Crippen molar-refractivity contribution < 1.29 is 0 Å².